The zero-order valence-corrected chi connectivity index (χ0v) is 15.8. The summed E-state index contributed by atoms with van der Waals surface area (Å²) < 4.78 is 6.27. The van der Waals surface area contributed by atoms with E-state index in [4.69, 9.17) is 4.74 Å². The fourth-order valence-corrected chi connectivity index (χ4v) is 6.35. The fraction of sp³-hybridized carbons (Fsp3) is 0.682. The van der Waals surface area contributed by atoms with Gasteiger partial charge in [-0.15, -0.1) is 0 Å². The van der Waals surface area contributed by atoms with Gasteiger partial charge in [0.1, 0.15) is 0 Å². The Hall–Kier alpha value is -1.35. The molecule has 0 unspecified atom stereocenters. The summed E-state index contributed by atoms with van der Waals surface area (Å²) in [6.07, 6.45) is 6.15. The van der Waals surface area contributed by atoms with E-state index in [-0.39, 0.29) is 16.7 Å². The van der Waals surface area contributed by atoms with Gasteiger partial charge in [0.05, 0.1) is 6.10 Å². The zero-order valence-electron chi connectivity index (χ0n) is 15.8. The highest BCUT2D eigenvalue weighted by Crippen LogP contribution is 2.68. The Bertz CT molecular complexity index is 641. The Kier molecular flexibility index (Phi) is 4.18. The number of aryl methyl sites for hydroxylation is 1. The first-order valence-corrected chi connectivity index (χ1v) is 9.86. The van der Waals surface area contributed by atoms with Crippen molar-refractivity contribution in [3.63, 3.8) is 0 Å². The maximum absolute atomic E-state index is 11.9. The van der Waals surface area contributed by atoms with Crippen LogP contribution in [0.3, 0.4) is 0 Å². The molecule has 25 heavy (non-hydrogen) atoms. The second-order valence-electron chi connectivity index (χ2n) is 9.11. The van der Waals surface area contributed by atoms with Crippen LogP contribution in [0.15, 0.2) is 30.3 Å². The third-order valence-corrected chi connectivity index (χ3v) is 7.53. The number of fused-ring (bicyclic) bond motifs is 1. The van der Waals surface area contributed by atoms with E-state index in [1.807, 2.05) is 0 Å². The first kappa shape index (κ1) is 17.1. The van der Waals surface area contributed by atoms with Gasteiger partial charge in [0.2, 0.25) is 5.91 Å². The van der Waals surface area contributed by atoms with Gasteiger partial charge in [0.25, 0.3) is 0 Å². The number of amides is 1. The lowest BCUT2D eigenvalue weighted by Crippen LogP contribution is -2.60. The number of carbonyl (C=O) groups is 1. The highest BCUT2D eigenvalue weighted by molar-refractivity contribution is 5.73. The van der Waals surface area contributed by atoms with Crippen LogP contribution >= 0.6 is 0 Å². The van der Waals surface area contributed by atoms with E-state index in [9.17, 15) is 4.79 Å². The SMILES string of the molecule is CC(=O)N[C@H]1C(C)(C)[C@@H]2C[C@@H]3[C@@H](CCc4ccccc4)OCC[C@@]31C2. The summed E-state index contributed by atoms with van der Waals surface area (Å²) in [6, 6.07) is 11.0. The van der Waals surface area contributed by atoms with Crippen LogP contribution in [-0.2, 0) is 16.0 Å². The topological polar surface area (TPSA) is 38.3 Å². The largest absolute Gasteiger partial charge is 0.378 e. The lowest BCUT2D eigenvalue weighted by Gasteiger charge is -2.53. The average molecular weight is 341 g/mol. The maximum atomic E-state index is 11.9. The van der Waals surface area contributed by atoms with Crippen LogP contribution in [0.5, 0.6) is 0 Å². The molecule has 0 radical (unpaired) electrons. The second kappa shape index (κ2) is 6.12. The van der Waals surface area contributed by atoms with Crippen LogP contribution in [0.2, 0.25) is 0 Å². The van der Waals surface area contributed by atoms with Crippen LogP contribution in [-0.4, -0.2) is 24.7 Å². The fourth-order valence-electron chi connectivity index (χ4n) is 6.35. The van der Waals surface area contributed by atoms with Crippen molar-refractivity contribution < 1.29 is 9.53 Å². The molecule has 3 aliphatic rings. The van der Waals surface area contributed by atoms with Crippen molar-refractivity contribution in [2.45, 2.75) is 65.0 Å². The number of nitrogens with one attached hydrogen (secondary N) is 1. The van der Waals surface area contributed by atoms with Crippen molar-refractivity contribution in [2.24, 2.45) is 22.7 Å². The minimum atomic E-state index is 0.117. The quantitative estimate of drug-likeness (QED) is 0.900. The van der Waals surface area contributed by atoms with Crippen LogP contribution in [0.4, 0.5) is 0 Å². The summed E-state index contributed by atoms with van der Waals surface area (Å²) in [5.74, 6) is 1.42. The Balaban J connectivity index is 1.54. The van der Waals surface area contributed by atoms with E-state index in [1.54, 1.807) is 6.92 Å². The van der Waals surface area contributed by atoms with Crippen molar-refractivity contribution in [2.75, 3.05) is 6.61 Å². The summed E-state index contributed by atoms with van der Waals surface area (Å²) >= 11 is 0. The van der Waals surface area contributed by atoms with Crippen molar-refractivity contribution in [1.29, 1.82) is 0 Å². The van der Waals surface area contributed by atoms with Gasteiger partial charge in [-0.1, -0.05) is 44.2 Å². The minimum absolute atomic E-state index is 0.117. The first-order valence-electron chi connectivity index (χ1n) is 9.86. The summed E-state index contributed by atoms with van der Waals surface area (Å²) in [4.78, 5) is 11.9. The summed E-state index contributed by atoms with van der Waals surface area (Å²) in [5.41, 5.74) is 1.84. The standard InChI is InChI=1S/C22H31NO2/c1-15(24)23-20-21(2,3)17-13-18-19(25-12-11-22(18,20)14-17)10-9-16-7-5-4-6-8-16/h4-8,17-20H,9-14H2,1-3H3,(H,23,24)/t17-,18-,19-,20+,22-/m1/s1. The Morgan fingerprint density at radius 2 is 2.04 bits per heavy atom. The molecule has 1 saturated heterocycles. The molecule has 1 aromatic rings. The monoisotopic (exact) mass is 341 g/mol. The molecule has 3 heteroatoms. The lowest BCUT2D eigenvalue weighted by molar-refractivity contribution is -0.135. The Morgan fingerprint density at radius 1 is 1.28 bits per heavy atom. The molecular formula is C22H31NO2. The third kappa shape index (κ3) is 2.71. The van der Waals surface area contributed by atoms with E-state index in [0.29, 0.717) is 24.0 Å². The number of benzene rings is 1. The molecule has 2 aliphatic carbocycles. The normalized spacial score (nSPS) is 38.4. The molecule has 3 fully saturated rings. The molecule has 3 nitrogen and oxygen atoms in total. The Labute approximate surface area is 151 Å². The predicted octanol–water partition coefficient (Wildman–Crippen LogP) is 3.97. The molecule has 2 bridgehead atoms. The average Bonchev–Trinajstić information content (AvgIpc) is 3.07. The summed E-state index contributed by atoms with van der Waals surface area (Å²) in [6.45, 7) is 7.23. The van der Waals surface area contributed by atoms with Gasteiger partial charge in [-0.3, -0.25) is 4.79 Å². The van der Waals surface area contributed by atoms with Gasteiger partial charge in [0, 0.05) is 19.6 Å². The van der Waals surface area contributed by atoms with Crippen LogP contribution in [0.1, 0.15) is 52.0 Å². The van der Waals surface area contributed by atoms with Gasteiger partial charge in [-0.05, 0) is 60.3 Å². The molecule has 1 N–H and O–H groups in total. The molecule has 1 heterocycles. The van der Waals surface area contributed by atoms with Crippen LogP contribution in [0, 0.1) is 22.7 Å². The van der Waals surface area contributed by atoms with Crippen LogP contribution in [0.25, 0.3) is 0 Å². The molecule has 5 atom stereocenters. The van der Waals surface area contributed by atoms with E-state index in [2.05, 4.69) is 49.5 Å². The second-order valence-corrected chi connectivity index (χ2v) is 9.11. The molecule has 1 amide bonds. The van der Waals surface area contributed by atoms with Gasteiger partial charge < -0.3 is 10.1 Å². The Morgan fingerprint density at radius 3 is 2.76 bits per heavy atom. The van der Waals surface area contributed by atoms with Gasteiger partial charge in [-0.2, -0.15) is 0 Å². The number of rotatable bonds is 4. The van der Waals surface area contributed by atoms with Crippen molar-refractivity contribution >= 4 is 5.91 Å². The molecule has 4 rings (SSSR count). The predicted molar refractivity (Wildman–Crippen MR) is 99.2 cm³/mol. The summed E-state index contributed by atoms with van der Waals surface area (Å²) in [5, 5.41) is 3.35. The maximum Gasteiger partial charge on any atom is 0.217 e. The number of hydrogen-bond acceptors (Lipinski definition) is 2. The van der Waals surface area contributed by atoms with Crippen molar-refractivity contribution in [3.05, 3.63) is 35.9 Å². The molecule has 1 aromatic carbocycles. The van der Waals surface area contributed by atoms with E-state index in [0.717, 1.165) is 25.9 Å². The number of ether oxygens (including phenoxy) is 1. The highest BCUT2D eigenvalue weighted by atomic mass is 16.5. The first-order chi connectivity index (χ1) is 11.9. The molecule has 1 aliphatic heterocycles. The van der Waals surface area contributed by atoms with E-state index in [1.165, 1.54) is 18.4 Å². The highest BCUT2D eigenvalue weighted by Gasteiger charge is 2.68. The van der Waals surface area contributed by atoms with Gasteiger partial charge in [-0.25, -0.2) is 0 Å². The lowest BCUT2D eigenvalue weighted by atomic mass is 9.59. The smallest absolute Gasteiger partial charge is 0.217 e. The molecule has 136 valence electrons. The number of carbonyl (C=O) groups excluding carboxylic acids is 1. The van der Waals surface area contributed by atoms with E-state index < -0.39 is 0 Å². The van der Waals surface area contributed by atoms with Crippen LogP contribution < -0.4 is 5.32 Å². The molecule has 0 aromatic heterocycles. The minimum Gasteiger partial charge on any atom is -0.378 e. The molecular weight excluding hydrogens is 310 g/mol. The third-order valence-electron chi connectivity index (χ3n) is 7.53. The van der Waals surface area contributed by atoms with Gasteiger partial charge in [0.15, 0.2) is 0 Å². The van der Waals surface area contributed by atoms with E-state index >= 15 is 0 Å². The van der Waals surface area contributed by atoms with Crippen molar-refractivity contribution in [1.82, 2.24) is 5.32 Å². The summed E-state index contributed by atoms with van der Waals surface area (Å²) in [7, 11) is 0. The molecule has 2 saturated carbocycles. The molecule has 1 spiro atoms. The number of hydrogen-bond donors (Lipinski definition) is 1. The zero-order chi connectivity index (χ0) is 17.7. The van der Waals surface area contributed by atoms with Crippen molar-refractivity contribution in [3.8, 4) is 0 Å². The van der Waals surface area contributed by atoms with Gasteiger partial charge >= 0.3 is 0 Å².